The topological polar surface area (TPSA) is 68.5 Å². The van der Waals surface area contributed by atoms with E-state index in [9.17, 15) is 4.79 Å². The fourth-order valence-electron chi connectivity index (χ4n) is 3.20. The molecule has 0 aliphatic carbocycles. The molecule has 1 atom stereocenters. The monoisotopic (exact) mass is 421 g/mol. The summed E-state index contributed by atoms with van der Waals surface area (Å²) in [5, 5.41) is 6.52. The van der Waals surface area contributed by atoms with Crippen LogP contribution in [0.15, 0.2) is 71.3 Å². The van der Waals surface area contributed by atoms with Gasteiger partial charge in [-0.05, 0) is 30.5 Å². The number of aromatic nitrogens is 2. The molecule has 0 aliphatic rings. The largest absolute Gasteiger partial charge is 0.480 e. The van der Waals surface area contributed by atoms with E-state index < -0.39 is 6.10 Å². The Bertz CT molecular complexity index is 1190. The van der Waals surface area contributed by atoms with Crippen molar-refractivity contribution in [2.75, 3.05) is 7.05 Å². The number of amides is 1. The third-order valence-corrected chi connectivity index (χ3v) is 5.06. The summed E-state index contributed by atoms with van der Waals surface area (Å²) < 4.78 is 11.3. The van der Waals surface area contributed by atoms with E-state index in [4.69, 9.17) is 20.9 Å². The maximum Gasteiger partial charge on any atom is 0.263 e. The van der Waals surface area contributed by atoms with Crippen LogP contribution in [0.3, 0.4) is 0 Å². The van der Waals surface area contributed by atoms with Gasteiger partial charge in [-0.25, -0.2) is 0 Å². The van der Waals surface area contributed by atoms with Crippen molar-refractivity contribution in [1.82, 2.24) is 15.0 Å². The van der Waals surface area contributed by atoms with Gasteiger partial charge in [0.25, 0.3) is 5.91 Å². The molecule has 4 rings (SSSR count). The zero-order valence-electron chi connectivity index (χ0n) is 16.6. The normalized spacial score (nSPS) is 12.0. The minimum Gasteiger partial charge on any atom is -0.480 e. The van der Waals surface area contributed by atoms with Gasteiger partial charge in [0.1, 0.15) is 5.75 Å². The Kier molecular flexibility index (Phi) is 5.68. The van der Waals surface area contributed by atoms with E-state index >= 15 is 0 Å². The van der Waals surface area contributed by atoms with Gasteiger partial charge < -0.3 is 14.2 Å². The Balaban J connectivity index is 1.44. The van der Waals surface area contributed by atoms with Crippen molar-refractivity contribution < 1.29 is 14.1 Å². The standard InChI is InChI=1S/C23H20ClN3O3/c1-15(29-20-13-7-9-16-8-3-4-10-17(16)20)23(28)27(2)14-21-25-22(26-30-21)18-11-5-6-12-19(18)24/h3-13,15H,14H2,1-2H3/t15-/m1/s1. The highest BCUT2D eigenvalue weighted by Gasteiger charge is 2.22. The number of carbonyl (C=O) groups is 1. The first kappa shape index (κ1) is 19.9. The molecule has 0 fully saturated rings. The van der Waals surface area contributed by atoms with Gasteiger partial charge in [0.05, 0.1) is 11.6 Å². The predicted molar refractivity (Wildman–Crippen MR) is 115 cm³/mol. The third kappa shape index (κ3) is 4.14. The summed E-state index contributed by atoms with van der Waals surface area (Å²) in [6, 6.07) is 20.9. The molecule has 0 bridgehead atoms. The van der Waals surface area contributed by atoms with Crippen LogP contribution in [0.2, 0.25) is 5.02 Å². The number of rotatable bonds is 6. The Morgan fingerprint density at radius 1 is 1.10 bits per heavy atom. The lowest BCUT2D eigenvalue weighted by Gasteiger charge is -2.21. The van der Waals surface area contributed by atoms with Gasteiger partial charge in [-0.3, -0.25) is 4.79 Å². The molecule has 0 saturated carbocycles. The first-order chi connectivity index (χ1) is 14.5. The van der Waals surface area contributed by atoms with E-state index in [1.165, 1.54) is 4.90 Å². The van der Waals surface area contributed by atoms with Crippen LogP contribution in [0.5, 0.6) is 5.75 Å². The summed E-state index contributed by atoms with van der Waals surface area (Å²) in [4.78, 5) is 18.7. The molecule has 0 N–H and O–H groups in total. The van der Waals surface area contributed by atoms with Gasteiger partial charge in [0, 0.05) is 18.0 Å². The number of benzene rings is 3. The van der Waals surface area contributed by atoms with Crippen molar-refractivity contribution in [1.29, 1.82) is 0 Å². The number of carbonyl (C=O) groups excluding carboxylic acids is 1. The summed E-state index contributed by atoms with van der Waals surface area (Å²) in [5.41, 5.74) is 0.677. The minimum atomic E-state index is -0.674. The summed E-state index contributed by atoms with van der Waals surface area (Å²) in [7, 11) is 1.67. The molecular formula is C23H20ClN3O3. The zero-order valence-corrected chi connectivity index (χ0v) is 17.3. The van der Waals surface area contributed by atoms with Crippen molar-refractivity contribution >= 4 is 28.3 Å². The van der Waals surface area contributed by atoms with E-state index in [-0.39, 0.29) is 12.5 Å². The van der Waals surface area contributed by atoms with E-state index in [0.29, 0.717) is 28.1 Å². The number of fused-ring (bicyclic) bond motifs is 1. The highest BCUT2D eigenvalue weighted by Crippen LogP contribution is 2.27. The van der Waals surface area contributed by atoms with Gasteiger partial charge in [-0.1, -0.05) is 65.3 Å². The average molecular weight is 422 g/mol. The number of likely N-dealkylation sites (N-methyl/N-ethyl adjacent to an activating group) is 1. The van der Waals surface area contributed by atoms with E-state index in [2.05, 4.69) is 10.1 Å². The van der Waals surface area contributed by atoms with Gasteiger partial charge in [0.15, 0.2) is 6.10 Å². The van der Waals surface area contributed by atoms with Crippen LogP contribution in [0, 0.1) is 0 Å². The maximum absolute atomic E-state index is 12.8. The maximum atomic E-state index is 12.8. The quantitative estimate of drug-likeness (QED) is 0.439. The Hall–Kier alpha value is -3.38. The van der Waals surface area contributed by atoms with Crippen LogP contribution in [0.1, 0.15) is 12.8 Å². The molecule has 1 amide bonds. The third-order valence-electron chi connectivity index (χ3n) is 4.73. The number of hydrogen-bond donors (Lipinski definition) is 0. The molecule has 0 unspecified atom stereocenters. The van der Waals surface area contributed by atoms with Crippen LogP contribution in [-0.2, 0) is 11.3 Å². The first-order valence-electron chi connectivity index (χ1n) is 9.50. The lowest BCUT2D eigenvalue weighted by Crippen LogP contribution is -2.37. The molecule has 1 heterocycles. The molecule has 152 valence electrons. The summed E-state index contributed by atoms with van der Waals surface area (Å²) in [6.07, 6.45) is -0.674. The molecule has 7 heteroatoms. The number of nitrogens with zero attached hydrogens (tertiary/aromatic N) is 3. The second-order valence-corrected chi connectivity index (χ2v) is 7.33. The lowest BCUT2D eigenvalue weighted by atomic mass is 10.1. The fraction of sp³-hybridized carbons (Fsp3) is 0.174. The molecule has 0 aliphatic heterocycles. The molecule has 3 aromatic carbocycles. The molecule has 0 radical (unpaired) electrons. The van der Waals surface area contributed by atoms with E-state index in [0.717, 1.165) is 10.8 Å². The second-order valence-electron chi connectivity index (χ2n) is 6.92. The highest BCUT2D eigenvalue weighted by atomic mass is 35.5. The van der Waals surface area contributed by atoms with Crippen LogP contribution >= 0.6 is 11.6 Å². The molecule has 4 aromatic rings. The Morgan fingerprint density at radius 2 is 1.83 bits per heavy atom. The SMILES string of the molecule is C[C@@H](Oc1cccc2ccccc12)C(=O)N(C)Cc1nc(-c2ccccc2Cl)no1. The molecule has 0 saturated heterocycles. The van der Waals surface area contributed by atoms with Crippen molar-refractivity contribution in [3.63, 3.8) is 0 Å². The van der Waals surface area contributed by atoms with Gasteiger partial charge in [-0.2, -0.15) is 4.98 Å². The van der Waals surface area contributed by atoms with E-state index in [1.54, 1.807) is 20.0 Å². The minimum absolute atomic E-state index is 0.166. The molecule has 6 nitrogen and oxygen atoms in total. The molecule has 0 spiro atoms. The summed E-state index contributed by atoms with van der Waals surface area (Å²) in [5.74, 6) is 1.18. The van der Waals surface area contributed by atoms with Gasteiger partial charge >= 0.3 is 0 Å². The smallest absolute Gasteiger partial charge is 0.263 e. The fourth-order valence-corrected chi connectivity index (χ4v) is 3.42. The average Bonchev–Trinajstić information content (AvgIpc) is 3.22. The van der Waals surface area contributed by atoms with Crippen molar-refractivity contribution in [3.8, 4) is 17.1 Å². The predicted octanol–water partition coefficient (Wildman–Crippen LogP) is 4.97. The second kappa shape index (κ2) is 8.55. The van der Waals surface area contributed by atoms with Crippen LogP contribution in [0.4, 0.5) is 0 Å². The van der Waals surface area contributed by atoms with Gasteiger partial charge in [0.2, 0.25) is 11.7 Å². The number of hydrogen-bond acceptors (Lipinski definition) is 5. The van der Waals surface area contributed by atoms with Crippen LogP contribution in [-0.4, -0.2) is 34.1 Å². The number of ether oxygens (including phenoxy) is 1. The first-order valence-corrected chi connectivity index (χ1v) is 9.87. The van der Waals surface area contributed by atoms with E-state index in [1.807, 2.05) is 60.7 Å². The van der Waals surface area contributed by atoms with Crippen molar-refractivity contribution in [2.45, 2.75) is 19.6 Å². The molecule has 30 heavy (non-hydrogen) atoms. The van der Waals surface area contributed by atoms with Crippen LogP contribution < -0.4 is 4.74 Å². The highest BCUT2D eigenvalue weighted by molar-refractivity contribution is 6.33. The summed E-state index contributed by atoms with van der Waals surface area (Å²) >= 11 is 6.18. The molecular weight excluding hydrogens is 402 g/mol. The van der Waals surface area contributed by atoms with Crippen molar-refractivity contribution in [2.24, 2.45) is 0 Å². The van der Waals surface area contributed by atoms with Crippen LogP contribution in [0.25, 0.3) is 22.2 Å². The Morgan fingerprint density at radius 3 is 2.67 bits per heavy atom. The molecule has 1 aromatic heterocycles. The summed E-state index contributed by atoms with van der Waals surface area (Å²) in [6.45, 7) is 1.89. The zero-order chi connectivity index (χ0) is 21.1. The van der Waals surface area contributed by atoms with Crippen molar-refractivity contribution in [3.05, 3.63) is 77.6 Å². The van der Waals surface area contributed by atoms with Gasteiger partial charge in [-0.15, -0.1) is 0 Å². The Labute approximate surface area is 179 Å². The lowest BCUT2D eigenvalue weighted by molar-refractivity contribution is -0.137. The number of halogens is 1.